The van der Waals surface area contributed by atoms with Crippen LogP contribution in [0.1, 0.15) is 12.5 Å². The van der Waals surface area contributed by atoms with Crippen LogP contribution >= 0.6 is 0 Å². The third-order valence-corrected chi connectivity index (χ3v) is 3.85. The van der Waals surface area contributed by atoms with E-state index in [-0.39, 0.29) is 6.04 Å². The van der Waals surface area contributed by atoms with Gasteiger partial charge in [-0.1, -0.05) is 42.5 Å². The van der Waals surface area contributed by atoms with Gasteiger partial charge in [-0.25, -0.2) is 4.98 Å². The van der Waals surface area contributed by atoms with Crippen LogP contribution in [0.25, 0.3) is 10.9 Å². The van der Waals surface area contributed by atoms with E-state index in [0.29, 0.717) is 18.2 Å². The minimum absolute atomic E-state index is 0.198. The summed E-state index contributed by atoms with van der Waals surface area (Å²) >= 11 is 0. The first-order chi connectivity index (χ1) is 11.1. The molecule has 0 saturated carbocycles. The van der Waals surface area contributed by atoms with Crippen LogP contribution in [0.4, 0.5) is 11.8 Å². The molecule has 3 rings (SSSR count). The molecule has 0 amide bonds. The van der Waals surface area contributed by atoms with Gasteiger partial charge in [-0.15, -0.1) is 0 Å². The number of benzene rings is 2. The van der Waals surface area contributed by atoms with Crippen molar-refractivity contribution in [2.45, 2.75) is 25.5 Å². The zero-order valence-electron chi connectivity index (χ0n) is 13.0. The first kappa shape index (κ1) is 15.2. The van der Waals surface area contributed by atoms with Crippen molar-refractivity contribution in [1.29, 1.82) is 0 Å². The average Bonchev–Trinajstić information content (AvgIpc) is 2.56. The van der Waals surface area contributed by atoms with Gasteiger partial charge in [0.25, 0.3) is 0 Å². The summed E-state index contributed by atoms with van der Waals surface area (Å²) in [6.07, 6.45) is 0.0200. The van der Waals surface area contributed by atoms with Gasteiger partial charge in [0.2, 0.25) is 5.95 Å². The number of nitrogens with zero attached hydrogens (tertiary/aromatic N) is 2. The molecule has 23 heavy (non-hydrogen) atoms. The Hall–Kier alpha value is -2.66. The number of fused-ring (bicyclic) bond motifs is 1. The van der Waals surface area contributed by atoms with Gasteiger partial charge in [0.05, 0.1) is 17.7 Å². The smallest absolute Gasteiger partial charge is 0.225 e. The van der Waals surface area contributed by atoms with E-state index in [1.165, 1.54) is 0 Å². The summed E-state index contributed by atoms with van der Waals surface area (Å²) in [6, 6.07) is 17.3. The first-order valence-electron chi connectivity index (χ1n) is 7.64. The van der Waals surface area contributed by atoms with Gasteiger partial charge in [0, 0.05) is 11.8 Å². The number of hydrogen-bond donors (Lipinski definition) is 3. The lowest BCUT2D eigenvalue weighted by Gasteiger charge is -2.20. The van der Waals surface area contributed by atoms with Crippen molar-refractivity contribution < 1.29 is 5.11 Å². The molecule has 0 aliphatic rings. The Morgan fingerprint density at radius 1 is 1.04 bits per heavy atom. The number of anilines is 2. The highest BCUT2D eigenvalue weighted by Crippen LogP contribution is 2.19. The quantitative estimate of drug-likeness (QED) is 0.675. The molecule has 5 nitrogen and oxygen atoms in total. The van der Waals surface area contributed by atoms with Crippen molar-refractivity contribution in [3.8, 4) is 0 Å². The van der Waals surface area contributed by atoms with E-state index in [0.717, 1.165) is 16.5 Å². The second-order valence-corrected chi connectivity index (χ2v) is 5.64. The van der Waals surface area contributed by atoms with E-state index in [1.807, 2.05) is 61.5 Å². The molecule has 0 fully saturated rings. The van der Waals surface area contributed by atoms with Crippen LogP contribution in [0.5, 0.6) is 0 Å². The van der Waals surface area contributed by atoms with Gasteiger partial charge in [-0.3, -0.25) is 0 Å². The molecule has 2 aromatic carbocycles. The van der Waals surface area contributed by atoms with Crippen molar-refractivity contribution in [1.82, 2.24) is 9.97 Å². The largest absolute Gasteiger partial charge is 0.391 e. The van der Waals surface area contributed by atoms with Crippen molar-refractivity contribution >= 4 is 22.7 Å². The van der Waals surface area contributed by atoms with Gasteiger partial charge >= 0.3 is 0 Å². The summed E-state index contributed by atoms with van der Waals surface area (Å²) in [4.78, 5) is 8.73. The average molecular weight is 308 g/mol. The molecule has 1 aromatic heterocycles. The summed E-state index contributed by atoms with van der Waals surface area (Å²) in [5, 5.41) is 14.3. The molecule has 3 aromatic rings. The highest BCUT2D eigenvalue weighted by molar-refractivity contribution is 5.88. The fourth-order valence-electron chi connectivity index (χ4n) is 2.50. The van der Waals surface area contributed by atoms with E-state index in [4.69, 9.17) is 5.73 Å². The van der Waals surface area contributed by atoms with Crippen molar-refractivity contribution in [3.63, 3.8) is 0 Å². The third-order valence-electron chi connectivity index (χ3n) is 3.85. The normalized spacial score (nSPS) is 13.7. The maximum absolute atomic E-state index is 10.4. The molecule has 0 bridgehead atoms. The Labute approximate surface area is 135 Å². The molecular formula is C18H20N4O. The highest BCUT2D eigenvalue weighted by Gasteiger charge is 2.16. The lowest BCUT2D eigenvalue weighted by Crippen LogP contribution is -2.33. The highest BCUT2D eigenvalue weighted by atomic mass is 16.3. The maximum Gasteiger partial charge on any atom is 0.225 e. The van der Waals surface area contributed by atoms with Crippen molar-refractivity contribution in [3.05, 3.63) is 60.2 Å². The zero-order valence-corrected chi connectivity index (χ0v) is 13.0. The van der Waals surface area contributed by atoms with E-state index in [1.54, 1.807) is 0 Å². The summed E-state index contributed by atoms with van der Waals surface area (Å²) in [5.74, 6) is 0.865. The van der Waals surface area contributed by atoms with Crippen molar-refractivity contribution in [2.75, 3.05) is 11.1 Å². The predicted molar refractivity (Wildman–Crippen MR) is 93.2 cm³/mol. The van der Waals surface area contributed by atoms with Gasteiger partial charge < -0.3 is 16.2 Å². The number of nitrogen functional groups attached to an aromatic ring is 1. The second-order valence-electron chi connectivity index (χ2n) is 5.64. The standard InChI is InChI=1S/C18H20N4O/c1-12(16(23)11-13-7-3-2-4-8-13)20-18-21-15-10-6-5-9-14(15)17(19)22-18/h2-10,12,16,23H,11H2,1H3,(H3,19,20,21,22)/t12-,16+/m0/s1. The minimum atomic E-state index is -0.548. The molecule has 0 aliphatic carbocycles. The number of para-hydroxylation sites is 1. The molecule has 4 N–H and O–H groups in total. The van der Waals surface area contributed by atoms with Crippen LogP contribution in [-0.2, 0) is 6.42 Å². The third kappa shape index (κ3) is 3.57. The van der Waals surface area contributed by atoms with E-state index in [2.05, 4.69) is 15.3 Å². The van der Waals surface area contributed by atoms with E-state index in [9.17, 15) is 5.11 Å². The fraction of sp³-hybridized carbons (Fsp3) is 0.222. The van der Waals surface area contributed by atoms with Gasteiger partial charge in [-0.05, 0) is 24.6 Å². The number of hydrogen-bond acceptors (Lipinski definition) is 5. The van der Waals surface area contributed by atoms with E-state index < -0.39 is 6.10 Å². The number of aliphatic hydroxyl groups is 1. The Kier molecular flexibility index (Phi) is 4.39. The number of nitrogens with two attached hydrogens (primary N) is 1. The molecule has 5 heteroatoms. The monoisotopic (exact) mass is 308 g/mol. The lowest BCUT2D eigenvalue weighted by atomic mass is 10.0. The van der Waals surface area contributed by atoms with Crippen LogP contribution in [0.2, 0.25) is 0 Å². The molecule has 0 radical (unpaired) electrons. The van der Waals surface area contributed by atoms with Crippen LogP contribution in [0.3, 0.4) is 0 Å². The topological polar surface area (TPSA) is 84.1 Å². The molecule has 1 heterocycles. The van der Waals surface area contributed by atoms with Crippen LogP contribution in [-0.4, -0.2) is 27.2 Å². The molecule has 0 spiro atoms. The van der Waals surface area contributed by atoms with Crippen LogP contribution in [0.15, 0.2) is 54.6 Å². The molecule has 2 atom stereocenters. The fourth-order valence-corrected chi connectivity index (χ4v) is 2.50. The number of aromatic nitrogens is 2. The van der Waals surface area contributed by atoms with Gasteiger partial charge in [0.15, 0.2) is 0 Å². The Bertz CT molecular complexity index is 791. The SMILES string of the molecule is C[C@H](Nc1nc(N)c2ccccc2n1)[C@H](O)Cc1ccccc1. The van der Waals surface area contributed by atoms with Gasteiger partial charge in [0.1, 0.15) is 5.82 Å². The first-order valence-corrected chi connectivity index (χ1v) is 7.64. The van der Waals surface area contributed by atoms with Crippen LogP contribution in [0, 0.1) is 0 Å². The summed E-state index contributed by atoms with van der Waals surface area (Å²) in [5.41, 5.74) is 7.85. The summed E-state index contributed by atoms with van der Waals surface area (Å²) < 4.78 is 0. The summed E-state index contributed by atoms with van der Waals surface area (Å²) in [7, 11) is 0. The van der Waals surface area contributed by atoms with Gasteiger partial charge in [-0.2, -0.15) is 4.98 Å². The zero-order chi connectivity index (χ0) is 16.2. The Balaban J connectivity index is 1.73. The maximum atomic E-state index is 10.4. The minimum Gasteiger partial charge on any atom is -0.391 e. The summed E-state index contributed by atoms with van der Waals surface area (Å²) in [6.45, 7) is 1.91. The molecule has 0 unspecified atom stereocenters. The Morgan fingerprint density at radius 2 is 1.74 bits per heavy atom. The predicted octanol–water partition coefficient (Wildman–Crippen LogP) is 2.62. The molecular weight excluding hydrogens is 288 g/mol. The number of rotatable bonds is 5. The van der Waals surface area contributed by atoms with E-state index >= 15 is 0 Å². The number of aliphatic hydroxyl groups excluding tert-OH is 1. The molecule has 0 saturated heterocycles. The van der Waals surface area contributed by atoms with Crippen molar-refractivity contribution in [2.24, 2.45) is 0 Å². The number of nitrogens with one attached hydrogen (secondary N) is 1. The molecule has 0 aliphatic heterocycles. The van der Waals surface area contributed by atoms with Crippen LogP contribution < -0.4 is 11.1 Å². The lowest BCUT2D eigenvalue weighted by molar-refractivity contribution is 0.158. The second kappa shape index (κ2) is 6.62. The Morgan fingerprint density at radius 3 is 2.52 bits per heavy atom. The molecule has 118 valence electrons.